The zero-order valence-corrected chi connectivity index (χ0v) is 9.61. The zero-order valence-electron chi connectivity index (χ0n) is 9.61. The summed E-state index contributed by atoms with van der Waals surface area (Å²) in [5.74, 6) is 0.479. The predicted octanol–water partition coefficient (Wildman–Crippen LogP) is 1.44. The zero-order chi connectivity index (χ0) is 11.4. The van der Waals surface area contributed by atoms with E-state index in [0.29, 0.717) is 12.3 Å². The molecule has 1 aliphatic carbocycles. The highest BCUT2D eigenvalue weighted by molar-refractivity contribution is 6.02. The van der Waals surface area contributed by atoms with Crippen molar-refractivity contribution in [2.75, 3.05) is 6.54 Å². The lowest BCUT2D eigenvalue weighted by molar-refractivity contribution is -0.113. The molecule has 2 rings (SSSR count). The Labute approximate surface area is 89.6 Å². The summed E-state index contributed by atoms with van der Waals surface area (Å²) in [4.78, 5) is 24.6. The van der Waals surface area contributed by atoms with Gasteiger partial charge in [-0.05, 0) is 27.7 Å². The molecular weight excluding hydrogens is 194 g/mol. The molecule has 0 bridgehead atoms. The Morgan fingerprint density at radius 1 is 1.47 bits per heavy atom. The van der Waals surface area contributed by atoms with Gasteiger partial charge in [-0.25, -0.2) is 4.79 Å². The van der Waals surface area contributed by atoms with Crippen LogP contribution in [-0.2, 0) is 9.53 Å². The van der Waals surface area contributed by atoms with Crippen molar-refractivity contribution in [3.63, 3.8) is 0 Å². The van der Waals surface area contributed by atoms with Crippen molar-refractivity contribution in [1.82, 2.24) is 4.90 Å². The number of likely N-dealkylation sites (tertiary alicyclic amines) is 1. The van der Waals surface area contributed by atoms with Crippen molar-refractivity contribution in [1.29, 1.82) is 0 Å². The van der Waals surface area contributed by atoms with Gasteiger partial charge in [-0.1, -0.05) is 0 Å². The number of hydrogen-bond donors (Lipinski definition) is 0. The molecular formula is C11H17NO3. The second kappa shape index (κ2) is 2.97. The molecule has 15 heavy (non-hydrogen) atoms. The first-order valence-electron chi connectivity index (χ1n) is 5.34. The largest absolute Gasteiger partial charge is 0.444 e. The number of nitrogens with zero attached hydrogens (tertiary/aromatic N) is 1. The van der Waals surface area contributed by atoms with Crippen LogP contribution >= 0.6 is 0 Å². The van der Waals surface area contributed by atoms with Gasteiger partial charge in [0.15, 0.2) is 0 Å². The molecule has 1 heterocycles. The normalized spacial score (nSPS) is 34.0. The van der Waals surface area contributed by atoms with Gasteiger partial charge < -0.3 is 9.64 Å². The van der Waals surface area contributed by atoms with Crippen LogP contribution in [0.15, 0.2) is 0 Å². The Morgan fingerprint density at radius 3 is 2.47 bits per heavy atom. The maximum atomic E-state index is 11.7. The molecule has 3 unspecified atom stereocenters. The molecule has 4 heteroatoms. The highest BCUT2D eigenvalue weighted by Gasteiger charge is 2.61. The maximum absolute atomic E-state index is 11.7. The van der Waals surface area contributed by atoms with Crippen LogP contribution in [0.4, 0.5) is 4.79 Å². The smallest absolute Gasteiger partial charge is 0.410 e. The van der Waals surface area contributed by atoms with E-state index in [1.807, 2.05) is 27.7 Å². The molecule has 1 saturated carbocycles. The fourth-order valence-corrected chi connectivity index (χ4v) is 2.22. The second-order valence-electron chi connectivity index (χ2n) is 5.41. The number of carbonyl (C=O) groups is 2. The van der Waals surface area contributed by atoms with Crippen LogP contribution in [-0.4, -0.2) is 35.0 Å². The number of Topliss-reactive ketones (excluding diaryl/α,β-unsaturated/α-hetero) is 1. The summed E-state index contributed by atoms with van der Waals surface area (Å²) in [6, 6.07) is 0.0114. The lowest BCUT2D eigenvalue weighted by Gasteiger charge is -2.28. The van der Waals surface area contributed by atoms with Crippen LogP contribution in [0.25, 0.3) is 0 Å². The van der Waals surface area contributed by atoms with Crippen LogP contribution in [0, 0.1) is 11.8 Å². The summed E-state index contributed by atoms with van der Waals surface area (Å²) in [6.07, 6.45) is -0.296. The fourth-order valence-electron chi connectivity index (χ4n) is 2.22. The molecule has 1 aliphatic heterocycles. The highest BCUT2D eigenvalue weighted by Crippen LogP contribution is 2.45. The average Bonchev–Trinajstić information content (AvgIpc) is 2.50. The highest BCUT2D eigenvalue weighted by atomic mass is 16.6. The number of rotatable bonds is 0. The molecule has 1 amide bonds. The molecule has 0 aromatic rings. The van der Waals surface area contributed by atoms with Crippen molar-refractivity contribution < 1.29 is 14.3 Å². The van der Waals surface area contributed by atoms with Gasteiger partial charge in [-0.2, -0.15) is 0 Å². The first kappa shape index (κ1) is 10.5. The molecule has 84 valence electrons. The first-order valence-corrected chi connectivity index (χ1v) is 5.34. The molecule has 0 aromatic heterocycles. The van der Waals surface area contributed by atoms with Crippen LogP contribution in [0.2, 0.25) is 0 Å². The standard InChI is InChI=1S/C11H17NO3/c1-6-8-7(9(8)13)5-12(6)10(14)15-11(2,3)4/h6-8H,5H2,1-4H3. The number of carbonyl (C=O) groups excluding carboxylic acids is 2. The van der Waals surface area contributed by atoms with E-state index in [9.17, 15) is 9.59 Å². The topological polar surface area (TPSA) is 46.6 Å². The summed E-state index contributed by atoms with van der Waals surface area (Å²) < 4.78 is 5.27. The quantitative estimate of drug-likeness (QED) is 0.609. The van der Waals surface area contributed by atoms with Crippen molar-refractivity contribution in [3.8, 4) is 0 Å². The minimum atomic E-state index is -0.465. The van der Waals surface area contributed by atoms with E-state index in [4.69, 9.17) is 4.74 Å². The van der Waals surface area contributed by atoms with E-state index in [1.54, 1.807) is 4.90 Å². The molecule has 0 spiro atoms. The van der Waals surface area contributed by atoms with Gasteiger partial charge in [0.2, 0.25) is 0 Å². The molecule has 0 radical (unpaired) electrons. The maximum Gasteiger partial charge on any atom is 0.410 e. The minimum Gasteiger partial charge on any atom is -0.444 e. The second-order valence-corrected chi connectivity index (χ2v) is 5.41. The van der Waals surface area contributed by atoms with E-state index in [-0.39, 0.29) is 24.0 Å². The number of ether oxygens (including phenoxy) is 1. The van der Waals surface area contributed by atoms with Gasteiger partial charge in [-0.3, -0.25) is 4.79 Å². The van der Waals surface area contributed by atoms with Crippen LogP contribution < -0.4 is 0 Å². The molecule has 2 fully saturated rings. The third-order valence-electron chi connectivity index (χ3n) is 3.05. The van der Waals surface area contributed by atoms with Crippen LogP contribution in [0.1, 0.15) is 27.7 Å². The number of piperidine rings is 1. The lowest BCUT2D eigenvalue weighted by Crippen LogP contribution is -2.41. The van der Waals surface area contributed by atoms with Crippen molar-refractivity contribution in [2.24, 2.45) is 11.8 Å². The van der Waals surface area contributed by atoms with Gasteiger partial charge in [0, 0.05) is 24.4 Å². The molecule has 4 nitrogen and oxygen atoms in total. The summed E-state index contributed by atoms with van der Waals surface area (Å²) >= 11 is 0. The van der Waals surface area contributed by atoms with E-state index in [1.165, 1.54) is 0 Å². The first-order chi connectivity index (χ1) is 6.81. The Kier molecular flexibility index (Phi) is 2.07. The van der Waals surface area contributed by atoms with E-state index in [2.05, 4.69) is 0 Å². The van der Waals surface area contributed by atoms with Gasteiger partial charge >= 0.3 is 6.09 Å². The van der Waals surface area contributed by atoms with E-state index < -0.39 is 5.60 Å². The lowest BCUT2D eigenvalue weighted by atomic mass is 10.2. The van der Waals surface area contributed by atoms with Crippen LogP contribution in [0.5, 0.6) is 0 Å². The molecule has 0 N–H and O–H groups in total. The third kappa shape index (κ3) is 1.73. The molecule has 2 aliphatic rings. The Balaban J connectivity index is 1.97. The van der Waals surface area contributed by atoms with Gasteiger partial charge in [0.05, 0.1) is 0 Å². The fraction of sp³-hybridized carbons (Fsp3) is 0.818. The Bertz CT molecular complexity index is 318. The van der Waals surface area contributed by atoms with Crippen LogP contribution in [0.3, 0.4) is 0 Å². The van der Waals surface area contributed by atoms with Gasteiger partial charge in [0.25, 0.3) is 0 Å². The SMILES string of the molecule is CC1C2C(=O)C2CN1C(=O)OC(C)(C)C. The number of ketones is 1. The number of amides is 1. The predicted molar refractivity (Wildman–Crippen MR) is 54.4 cm³/mol. The monoisotopic (exact) mass is 211 g/mol. The van der Waals surface area contributed by atoms with Crippen molar-refractivity contribution in [3.05, 3.63) is 0 Å². The molecule has 0 aromatic carbocycles. The third-order valence-corrected chi connectivity index (χ3v) is 3.05. The van der Waals surface area contributed by atoms with E-state index >= 15 is 0 Å². The van der Waals surface area contributed by atoms with E-state index in [0.717, 1.165) is 0 Å². The van der Waals surface area contributed by atoms with Crippen molar-refractivity contribution >= 4 is 11.9 Å². The number of fused-ring (bicyclic) bond motifs is 1. The molecule has 3 atom stereocenters. The Hall–Kier alpha value is -1.06. The molecule has 1 saturated heterocycles. The van der Waals surface area contributed by atoms with Crippen molar-refractivity contribution in [2.45, 2.75) is 39.3 Å². The summed E-state index contributed by atoms with van der Waals surface area (Å²) in [5, 5.41) is 0. The van der Waals surface area contributed by atoms with Gasteiger partial charge in [-0.15, -0.1) is 0 Å². The van der Waals surface area contributed by atoms with Gasteiger partial charge in [0.1, 0.15) is 11.4 Å². The Morgan fingerprint density at radius 2 is 2.07 bits per heavy atom. The minimum absolute atomic E-state index is 0.0114. The average molecular weight is 211 g/mol. The summed E-state index contributed by atoms with van der Waals surface area (Å²) in [7, 11) is 0. The number of hydrogen-bond acceptors (Lipinski definition) is 3. The summed E-state index contributed by atoms with van der Waals surface area (Å²) in [5.41, 5.74) is -0.465. The summed E-state index contributed by atoms with van der Waals surface area (Å²) in [6.45, 7) is 7.99.